The van der Waals surface area contributed by atoms with E-state index >= 15 is 0 Å². The van der Waals surface area contributed by atoms with Gasteiger partial charge in [0.2, 0.25) is 0 Å². The molecule has 0 unspecified atom stereocenters. The van der Waals surface area contributed by atoms with Gasteiger partial charge in [0.1, 0.15) is 5.02 Å². The van der Waals surface area contributed by atoms with Gasteiger partial charge in [0.25, 0.3) is 11.6 Å². The number of para-hydroxylation sites is 1. The van der Waals surface area contributed by atoms with Crippen LogP contribution < -0.4 is 5.32 Å². The second-order valence-corrected chi connectivity index (χ2v) is 5.93. The number of benzene rings is 2. The number of amides is 1. The van der Waals surface area contributed by atoms with Crippen LogP contribution >= 0.6 is 45.8 Å². The number of carbonyl (C=O) groups excluding carboxylic acids is 1. The number of hydrogen-bond donors (Lipinski definition) is 1. The molecule has 0 fully saturated rings. The molecule has 0 aliphatic heterocycles. The molecule has 0 aliphatic rings. The summed E-state index contributed by atoms with van der Waals surface area (Å²) in [4.78, 5) is 22.4. The third kappa shape index (κ3) is 3.63. The fraction of sp³-hybridized carbons (Fsp3) is 0. The van der Waals surface area contributed by atoms with E-state index in [2.05, 4.69) is 27.9 Å². The van der Waals surface area contributed by atoms with Gasteiger partial charge in [-0.05, 0) is 40.8 Å². The van der Waals surface area contributed by atoms with E-state index < -0.39 is 16.5 Å². The Balaban J connectivity index is 2.36. The van der Waals surface area contributed by atoms with Crippen molar-refractivity contribution in [2.45, 2.75) is 0 Å². The lowest BCUT2D eigenvalue weighted by molar-refractivity contribution is -0.384. The minimum atomic E-state index is -0.683. The molecular weight excluding hydrogens is 430 g/mol. The van der Waals surface area contributed by atoms with E-state index in [1.54, 1.807) is 12.1 Å². The molecule has 2 rings (SSSR count). The van der Waals surface area contributed by atoms with Crippen molar-refractivity contribution >= 4 is 63.1 Å². The molecule has 5 nitrogen and oxygen atoms in total. The summed E-state index contributed by atoms with van der Waals surface area (Å²) < 4.78 is 0.845. The summed E-state index contributed by atoms with van der Waals surface area (Å²) in [5.74, 6) is -0.499. The summed E-state index contributed by atoms with van der Waals surface area (Å²) in [5, 5.41) is 13.3. The summed E-state index contributed by atoms with van der Waals surface area (Å²) in [6.07, 6.45) is 0. The van der Waals surface area contributed by atoms with E-state index in [-0.39, 0.29) is 15.6 Å². The summed E-state index contributed by atoms with van der Waals surface area (Å²) in [5.41, 5.74) is 0.268. The number of nitro benzene ring substituents is 1. The fourth-order valence-electron chi connectivity index (χ4n) is 1.60. The number of nitro groups is 1. The lowest BCUT2D eigenvalue weighted by Gasteiger charge is -2.08. The highest BCUT2D eigenvalue weighted by Gasteiger charge is 2.20. The second kappa shape index (κ2) is 6.59. The Hall–Kier alpha value is -1.38. The molecular formula is C13H7Cl2IN2O3. The number of carbonyl (C=O) groups is 1. The van der Waals surface area contributed by atoms with Gasteiger partial charge in [-0.25, -0.2) is 0 Å². The Bertz CT molecular complexity index is 737. The van der Waals surface area contributed by atoms with Crippen molar-refractivity contribution < 1.29 is 9.72 Å². The number of anilines is 1. The number of hydrogen-bond acceptors (Lipinski definition) is 3. The van der Waals surface area contributed by atoms with Crippen LogP contribution in [0, 0.1) is 13.7 Å². The van der Waals surface area contributed by atoms with Gasteiger partial charge < -0.3 is 5.32 Å². The quantitative estimate of drug-likeness (QED) is 0.428. The van der Waals surface area contributed by atoms with E-state index in [9.17, 15) is 14.9 Å². The Labute approximate surface area is 143 Å². The maximum Gasteiger partial charge on any atom is 0.290 e. The lowest BCUT2D eigenvalue weighted by Crippen LogP contribution is -2.13. The Morgan fingerprint density at radius 2 is 1.90 bits per heavy atom. The third-order valence-corrected chi connectivity index (χ3v) is 4.32. The predicted octanol–water partition coefficient (Wildman–Crippen LogP) is 4.76. The average Bonchev–Trinajstić information content (AvgIpc) is 2.43. The van der Waals surface area contributed by atoms with Crippen LogP contribution in [0.1, 0.15) is 10.4 Å². The molecule has 0 heterocycles. The summed E-state index contributed by atoms with van der Waals surface area (Å²) in [6.45, 7) is 0. The first-order valence-electron chi connectivity index (χ1n) is 5.59. The van der Waals surface area contributed by atoms with Crippen LogP contribution in [-0.4, -0.2) is 10.8 Å². The first-order chi connectivity index (χ1) is 9.90. The fourth-order valence-corrected chi connectivity index (χ4v) is 2.51. The zero-order valence-electron chi connectivity index (χ0n) is 10.3. The van der Waals surface area contributed by atoms with Crippen molar-refractivity contribution in [1.82, 2.24) is 0 Å². The largest absolute Gasteiger partial charge is 0.321 e. The Morgan fingerprint density at radius 1 is 1.24 bits per heavy atom. The van der Waals surface area contributed by atoms with E-state index in [4.69, 9.17) is 23.2 Å². The van der Waals surface area contributed by atoms with Crippen molar-refractivity contribution in [3.63, 3.8) is 0 Å². The number of nitrogens with zero attached hydrogens (tertiary/aromatic N) is 1. The first-order valence-corrected chi connectivity index (χ1v) is 7.43. The average molecular weight is 437 g/mol. The van der Waals surface area contributed by atoms with Gasteiger partial charge in [-0.2, -0.15) is 0 Å². The SMILES string of the molecule is O=C(Nc1ccccc1I)c1cc(Cl)c(Cl)c([N+](=O)[O-])c1. The van der Waals surface area contributed by atoms with Crippen molar-refractivity contribution in [2.75, 3.05) is 5.32 Å². The monoisotopic (exact) mass is 436 g/mol. The molecule has 0 radical (unpaired) electrons. The Morgan fingerprint density at radius 3 is 2.52 bits per heavy atom. The van der Waals surface area contributed by atoms with Crippen LogP contribution in [0.25, 0.3) is 0 Å². The molecule has 2 aromatic rings. The number of rotatable bonds is 3. The maximum absolute atomic E-state index is 12.2. The van der Waals surface area contributed by atoms with E-state index in [0.29, 0.717) is 5.69 Å². The topological polar surface area (TPSA) is 72.2 Å². The maximum atomic E-state index is 12.2. The van der Waals surface area contributed by atoms with Crippen LogP contribution in [0.5, 0.6) is 0 Å². The second-order valence-electron chi connectivity index (χ2n) is 3.98. The smallest absolute Gasteiger partial charge is 0.290 e. The van der Waals surface area contributed by atoms with Gasteiger partial charge >= 0.3 is 0 Å². The Kier molecular flexibility index (Phi) is 5.02. The highest BCUT2D eigenvalue weighted by Crippen LogP contribution is 2.33. The van der Waals surface area contributed by atoms with Crippen LogP contribution in [0.15, 0.2) is 36.4 Å². The molecule has 0 aromatic heterocycles. The first kappa shape index (κ1) is 16.0. The summed E-state index contributed by atoms with van der Waals surface area (Å²) in [7, 11) is 0. The zero-order chi connectivity index (χ0) is 15.6. The number of nitrogens with one attached hydrogen (secondary N) is 1. The highest BCUT2D eigenvalue weighted by molar-refractivity contribution is 14.1. The van der Waals surface area contributed by atoms with E-state index in [0.717, 1.165) is 9.64 Å². The molecule has 0 bridgehead atoms. The zero-order valence-corrected chi connectivity index (χ0v) is 13.9. The molecule has 2 aromatic carbocycles. The number of halogens is 3. The molecule has 0 spiro atoms. The minimum absolute atomic E-state index is 0.0428. The van der Waals surface area contributed by atoms with Gasteiger partial charge in [-0.15, -0.1) is 0 Å². The van der Waals surface area contributed by atoms with Crippen molar-refractivity contribution in [3.05, 3.63) is 65.7 Å². The molecule has 1 amide bonds. The molecule has 0 saturated heterocycles. The molecule has 0 saturated carbocycles. The van der Waals surface area contributed by atoms with E-state index in [1.165, 1.54) is 6.07 Å². The molecule has 0 atom stereocenters. The van der Waals surface area contributed by atoms with Crippen LogP contribution in [0.4, 0.5) is 11.4 Å². The molecule has 8 heteroatoms. The molecule has 21 heavy (non-hydrogen) atoms. The summed E-state index contributed by atoms with van der Waals surface area (Å²) in [6, 6.07) is 9.55. The lowest BCUT2D eigenvalue weighted by atomic mass is 10.2. The summed E-state index contributed by atoms with van der Waals surface area (Å²) >= 11 is 13.6. The van der Waals surface area contributed by atoms with Crippen molar-refractivity contribution in [3.8, 4) is 0 Å². The van der Waals surface area contributed by atoms with Gasteiger partial charge in [0.15, 0.2) is 0 Å². The van der Waals surface area contributed by atoms with E-state index in [1.807, 2.05) is 12.1 Å². The van der Waals surface area contributed by atoms with Crippen LogP contribution in [0.3, 0.4) is 0 Å². The molecule has 0 aliphatic carbocycles. The van der Waals surface area contributed by atoms with Gasteiger partial charge in [0, 0.05) is 15.2 Å². The van der Waals surface area contributed by atoms with Gasteiger partial charge in [0.05, 0.1) is 15.6 Å². The minimum Gasteiger partial charge on any atom is -0.321 e. The van der Waals surface area contributed by atoms with Crippen LogP contribution in [-0.2, 0) is 0 Å². The molecule has 1 N–H and O–H groups in total. The molecule has 108 valence electrons. The van der Waals surface area contributed by atoms with Gasteiger partial charge in [-0.3, -0.25) is 14.9 Å². The third-order valence-electron chi connectivity index (χ3n) is 2.59. The van der Waals surface area contributed by atoms with Crippen molar-refractivity contribution in [1.29, 1.82) is 0 Å². The van der Waals surface area contributed by atoms with Crippen LogP contribution in [0.2, 0.25) is 10.0 Å². The van der Waals surface area contributed by atoms with Crippen molar-refractivity contribution in [2.24, 2.45) is 0 Å². The van der Waals surface area contributed by atoms with Gasteiger partial charge in [-0.1, -0.05) is 35.3 Å². The standard InChI is InChI=1S/C13H7Cl2IN2O3/c14-8-5-7(6-11(12(8)15)18(20)21)13(19)17-10-4-2-1-3-9(10)16/h1-6H,(H,17,19). The predicted molar refractivity (Wildman–Crippen MR) is 90.2 cm³/mol. The normalized spacial score (nSPS) is 10.2. The highest BCUT2D eigenvalue weighted by atomic mass is 127.